The van der Waals surface area contributed by atoms with E-state index in [2.05, 4.69) is 21.7 Å². The summed E-state index contributed by atoms with van der Waals surface area (Å²) in [6.07, 6.45) is 12.7. The second-order valence-corrected chi connectivity index (χ2v) is 8.55. The van der Waals surface area contributed by atoms with Crippen molar-refractivity contribution in [1.82, 2.24) is 14.7 Å². The van der Waals surface area contributed by atoms with E-state index in [0.29, 0.717) is 17.7 Å². The Kier molecular flexibility index (Phi) is 6.50. The number of rotatable bonds is 3. The molecule has 2 fully saturated rings. The van der Waals surface area contributed by atoms with Gasteiger partial charge in [0.15, 0.2) is 0 Å². The van der Waals surface area contributed by atoms with Crippen LogP contribution in [0.4, 0.5) is 8.78 Å². The monoisotopic (exact) mass is 411 g/mol. The van der Waals surface area contributed by atoms with Gasteiger partial charge in [0.25, 0.3) is 0 Å². The first kappa shape index (κ1) is 21.0. The van der Waals surface area contributed by atoms with Crippen molar-refractivity contribution in [1.29, 1.82) is 5.26 Å². The predicted octanol–water partition coefficient (Wildman–Crippen LogP) is 4.25. The average molecular weight is 412 g/mol. The van der Waals surface area contributed by atoms with Gasteiger partial charge in [0.2, 0.25) is 0 Å². The maximum atomic E-state index is 15.1. The summed E-state index contributed by atoms with van der Waals surface area (Å²) in [7, 11) is 2.11. The van der Waals surface area contributed by atoms with Crippen molar-refractivity contribution in [3.05, 3.63) is 64.8 Å². The zero-order chi connectivity index (χ0) is 21.1. The number of allylic oxidation sites excluding steroid dienone is 7. The zero-order valence-electron chi connectivity index (χ0n) is 17.6. The van der Waals surface area contributed by atoms with Crippen molar-refractivity contribution in [2.75, 3.05) is 46.4 Å². The quantitative estimate of drug-likeness (QED) is 0.695. The molecule has 2 heterocycles. The van der Waals surface area contributed by atoms with Gasteiger partial charge < -0.3 is 4.90 Å². The van der Waals surface area contributed by atoms with E-state index in [4.69, 9.17) is 5.26 Å². The molecule has 4 rings (SSSR count). The van der Waals surface area contributed by atoms with Crippen LogP contribution in [-0.2, 0) is 0 Å². The Balaban J connectivity index is 1.70. The molecule has 0 aromatic carbocycles. The van der Waals surface area contributed by atoms with Crippen LogP contribution in [0, 0.1) is 23.7 Å². The highest BCUT2D eigenvalue weighted by molar-refractivity contribution is 5.60. The molecule has 0 N–H and O–H groups in total. The van der Waals surface area contributed by atoms with Crippen molar-refractivity contribution in [3.8, 4) is 6.07 Å². The molecule has 4 nitrogen and oxygen atoms in total. The third kappa shape index (κ3) is 4.43. The summed E-state index contributed by atoms with van der Waals surface area (Å²) in [4.78, 5) is 6.81. The van der Waals surface area contributed by atoms with Crippen molar-refractivity contribution in [3.63, 3.8) is 0 Å². The summed E-state index contributed by atoms with van der Waals surface area (Å²) in [5, 5.41) is 9.08. The molecule has 159 valence electrons. The number of nitriles is 1. The summed E-state index contributed by atoms with van der Waals surface area (Å²) >= 11 is 0. The lowest BCUT2D eigenvalue weighted by Crippen LogP contribution is -2.42. The van der Waals surface area contributed by atoms with Crippen molar-refractivity contribution >= 4 is 0 Å². The molecule has 0 amide bonds. The van der Waals surface area contributed by atoms with E-state index in [1.54, 1.807) is 18.6 Å². The topological polar surface area (TPSA) is 33.5 Å². The molecule has 0 aromatic rings. The van der Waals surface area contributed by atoms with Crippen molar-refractivity contribution in [2.45, 2.75) is 25.7 Å². The van der Waals surface area contributed by atoms with E-state index in [-0.39, 0.29) is 5.83 Å². The summed E-state index contributed by atoms with van der Waals surface area (Å²) in [5.74, 6) is -1.50. The largest absolute Gasteiger partial charge is 0.371 e. The van der Waals surface area contributed by atoms with Crippen molar-refractivity contribution < 1.29 is 8.78 Å². The summed E-state index contributed by atoms with van der Waals surface area (Å²) in [6, 6.07) is 1.95. The highest BCUT2D eigenvalue weighted by Gasteiger charge is 2.31. The molecule has 1 atom stereocenters. The fourth-order valence-electron chi connectivity index (χ4n) is 4.48. The van der Waals surface area contributed by atoms with Gasteiger partial charge in [-0.05, 0) is 62.7 Å². The second-order valence-electron chi connectivity index (χ2n) is 8.55. The highest BCUT2D eigenvalue weighted by atomic mass is 19.1. The first-order valence-electron chi connectivity index (χ1n) is 10.9. The van der Waals surface area contributed by atoms with Gasteiger partial charge in [-0.25, -0.2) is 8.78 Å². The van der Waals surface area contributed by atoms with Crippen LogP contribution >= 0.6 is 0 Å². The van der Waals surface area contributed by atoms with E-state index in [0.717, 1.165) is 57.0 Å². The van der Waals surface area contributed by atoms with Crippen LogP contribution in [0.3, 0.4) is 0 Å². The minimum absolute atomic E-state index is 0.204. The van der Waals surface area contributed by atoms with Gasteiger partial charge in [0.05, 0.1) is 12.7 Å². The van der Waals surface area contributed by atoms with Crippen LogP contribution in [0.2, 0.25) is 0 Å². The standard InChI is InChI=1S/C24H29F2N4/c1-28-10-3-2-4-11-29(17-28)16-21-22(25)9-8-20(24(21)30-12-5-13-30)18-6-7-19(15-27)23(26)14-18/h6-9,14,19H,2-5,10-13,16-17H2,1H3/b20-18+. The molecule has 1 unspecified atom stereocenters. The van der Waals surface area contributed by atoms with Gasteiger partial charge in [0, 0.05) is 37.3 Å². The molecule has 2 saturated heterocycles. The lowest BCUT2D eigenvalue weighted by atomic mass is 9.87. The van der Waals surface area contributed by atoms with E-state index in [9.17, 15) is 4.39 Å². The van der Waals surface area contributed by atoms with Crippen LogP contribution in [0.15, 0.2) is 58.4 Å². The van der Waals surface area contributed by atoms with Crippen LogP contribution in [-0.4, -0.2) is 61.1 Å². The van der Waals surface area contributed by atoms with E-state index in [1.165, 1.54) is 25.0 Å². The number of nitrogens with zero attached hydrogens (tertiary/aromatic N) is 4. The van der Waals surface area contributed by atoms with Crippen LogP contribution in [0.5, 0.6) is 0 Å². The fourth-order valence-corrected chi connectivity index (χ4v) is 4.48. The number of hydrogen-bond acceptors (Lipinski definition) is 4. The van der Waals surface area contributed by atoms with Gasteiger partial charge in [0.1, 0.15) is 17.6 Å². The second kappa shape index (κ2) is 9.28. The Morgan fingerprint density at radius 1 is 1.10 bits per heavy atom. The van der Waals surface area contributed by atoms with Gasteiger partial charge in [-0.2, -0.15) is 5.26 Å². The zero-order valence-corrected chi connectivity index (χ0v) is 17.6. The first-order chi connectivity index (χ1) is 14.6. The molecule has 0 saturated carbocycles. The Bertz CT molecular complexity index is 870. The van der Waals surface area contributed by atoms with Crippen molar-refractivity contribution in [2.24, 2.45) is 5.92 Å². The number of likely N-dealkylation sites (tertiary alicyclic amines) is 1. The SMILES string of the molecule is CN1CCCCCN(CC2=C(N3CCC3)/C(=C3\C=CC(C#N)C(F)=C3)[CH]C=C2F)C1. The Morgan fingerprint density at radius 2 is 1.90 bits per heavy atom. The molecule has 1 radical (unpaired) electrons. The molecule has 4 aliphatic rings. The smallest absolute Gasteiger partial charge is 0.126 e. The normalized spacial score (nSPS) is 29.0. The van der Waals surface area contributed by atoms with E-state index >= 15 is 4.39 Å². The molecule has 2 aliphatic carbocycles. The average Bonchev–Trinajstić information content (AvgIpc) is 2.67. The van der Waals surface area contributed by atoms with Crippen LogP contribution in [0.1, 0.15) is 25.7 Å². The fraction of sp³-hybridized carbons (Fsp3) is 0.500. The minimum atomic E-state index is -0.835. The lowest BCUT2D eigenvalue weighted by Gasteiger charge is -2.41. The molecule has 2 aliphatic heterocycles. The Morgan fingerprint density at radius 3 is 2.60 bits per heavy atom. The molecular weight excluding hydrogens is 382 g/mol. The summed E-state index contributed by atoms with van der Waals surface area (Å²) in [6.45, 7) is 5.13. The lowest BCUT2D eigenvalue weighted by molar-refractivity contribution is 0.143. The summed E-state index contributed by atoms with van der Waals surface area (Å²) in [5.41, 5.74) is 3.12. The number of halogens is 2. The van der Waals surface area contributed by atoms with Crippen LogP contribution in [0.25, 0.3) is 0 Å². The minimum Gasteiger partial charge on any atom is -0.371 e. The Hall–Kier alpha value is -2.23. The van der Waals surface area contributed by atoms with Crippen LogP contribution < -0.4 is 0 Å². The predicted molar refractivity (Wildman–Crippen MR) is 114 cm³/mol. The Labute approximate surface area is 178 Å². The first-order valence-corrected chi connectivity index (χ1v) is 10.9. The summed E-state index contributed by atoms with van der Waals surface area (Å²) < 4.78 is 29.5. The van der Waals surface area contributed by atoms with E-state index in [1.807, 2.05) is 6.07 Å². The maximum Gasteiger partial charge on any atom is 0.126 e. The van der Waals surface area contributed by atoms with E-state index < -0.39 is 11.7 Å². The number of hydrogen-bond donors (Lipinski definition) is 0. The molecule has 6 heteroatoms. The van der Waals surface area contributed by atoms with Gasteiger partial charge in [-0.3, -0.25) is 9.80 Å². The molecule has 30 heavy (non-hydrogen) atoms. The maximum absolute atomic E-state index is 15.1. The van der Waals surface area contributed by atoms with Gasteiger partial charge in [-0.15, -0.1) is 0 Å². The third-order valence-corrected chi connectivity index (χ3v) is 6.24. The van der Waals surface area contributed by atoms with Gasteiger partial charge >= 0.3 is 0 Å². The highest BCUT2D eigenvalue weighted by Crippen LogP contribution is 2.39. The molecule has 0 bridgehead atoms. The third-order valence-electron chi connectivity index (χ3n) is 6.24. The molecule has 0 spiro atoms. The molecular formula is C24H29F2N4. The molecule has 0 aromatic heterocycles. The van der Waals surface area contributed by atoms with Gasteiger partial charge in [-0.1, -0.05) is 18.6 Å².